The lowest BCUT2D eigenvalue weighted by Gasteiger charge is -2.32. The molecule has 0 radical (unpaired) electrons. The Labute approximate surface area is 131 Å². The maximum Gasteiger partial charge on any atom is 0.219 e. The van der Waals surface area contributed by atoms with Gasteiger partial charge in [-0.05, 0) is 42.9 Å². The lowest BCUT2D eigenvalue weighted by atomic mass is 9.90. The molecule has 0 unspecified atom stereocenters. The van der Waals surface area contributed by atoms with Crippen LogP contribution in [0, 0.1) is 11.3 Å². The number of nitriles is 1. The fraction of sp³-hybridized carbons (Fsp3) is 0.562. The minimum Gasteiger partial charge on any atom is -0.380 e. The molecule has 0 aromatic heterocycles. The van der Waals surface area contributed by atoms with E-state index in [1.165, 1.54) is 5.56 Å². The van der Waals surface area contributed by atoms with Crippen molar-refractivity contribution in [3.63, 3.8) is 0 Å². The van der Waals surface area contributed by atoms with Crippen LogP contribution in [0.15, 0.2) is 24.3 Å². The first kappa shape index (κ1) is 15.5. The summed E-state index contributed by atoms with van der Waals surface area (Å²) in [5.74, 6) is 0.374. The van der Waals surface area contributed by atoms with Gasteiger partial charge in [0.15, 0.2) is 0 Å². The molecule has 2 aliphatic heterocycles. The molecule has 1 atom stereocenters. The first-order valence-corrected chi connectivity index (χ1v) is 9.18. The van der Waals surface area contributed by atoms with E-state index in [0.29, 0.717) is 44.2 Å². The van der Waals surface area contributed by atoms with Gasteiger partial charge in [-0.15, -0.1) is 0 Å². The predicted octanol–water partition coefficient (Wildman–Crippen LogP) is 1.86. The fourth-order valence-corrected chi connectivity index (χ4v) is 5.04. The van der Waals surface area contributed by atoms with E-state index in [-0.39, 0.29) is 5.25 Å². The van der Waals surface area contributed by atoms with Crippen molar-refractivity contribution < 1.29 is 13.2 Å². The van der Waals surface area contributed by atoms with Crippen LogP contribution in [0.1, 0.15) is 36.3 Å². The average Bonchev–Trinajstić information content (AvgIpc) is 3.10. The molecule has 3 rings (SSSR count). The molecular weight excluding hydrogens is 300 g/mol. The summed E-state index contributed by atoms with van der Waals surface area (Å²) in [4.78, 5) is 0. The van der Waals surface area contributed by atoms with Crippen LogP contribution in [-0.2, 0) is 14.8 Å². The summed E-state index contributed by atoms with van der Waals surface area (Å²) < 4.78 is 31.9. The number of hydrogen-bond donors (Lipinski definition) is 0. The van der Waals surface area contributed by atoms with Crippen molar-refractivity contribution >= 4 is 10.0 Å². The van der Waals surface area contributed by atoms with Crippen molar-refractivity contribution in [2.45, 2.75) is 30.4 Å². The normalized spacial score (nSPS) is 24.2. The van der Waals surface area contributed by atoms with E-state index in [1.54, 1.807) is 4.31 Å². The Morgan fingerprint density at radius 3 is 2.36 bits per heavy atom. The Balaban J connectivity index is 1.63. The number of rotatable bonds is 3. The van der Waals surface area contributed by atoms with Crippen molar-refractivity contribution in [3.05, 3.63) is 35.4 Å². The second-order valence-corrected chi connectivity index (χ2v) is 8.15. The minimum atomic E-state index is -3.21. The fourth-order valence-electron chi connectivity index (χ4n) is 3.23. The zero-order valence-corrected chi connectivity index (χ0v) is 13.3. The van der Waals surface area contributed by atoms with Crippen molar-refractivity contribution in [3.8, 4) is 6.07 Å². The lowest BCUT2D eigenvalue weighted by Crippen LogP contribution is -2.43. The Hall–Kier alpha value is -1.42. The van der Waals surface area contributed by atoms with Gasteiger partial charge in [-0.2, -0.15) is 5.26 Å². The standard InChI is InChI=1S/C16H20N2O3S/c17-11-13-1-3-14(4-2-13)15-5-8-18(9-6-15)22(19,20)16-7-10-21-12-16/h1-4,15-16H,5-10,12H2/t16-/m0/s1. The highest BCUT2D eigenvalue weighted by Crippen LogP contribution is 2.31. The molecule has 0 amide bonds. The van der Waals surface area contributed by atoms with Gasteiger partial charge < -0.3 is 4.74 Å². The number of ether oxygens (including phenoxy) is 1. The van der Waals surface area contributed by atoms with Gasteiger partial charge >= 0.3 is 0 Å². The average molecular weight is 320 g/mol. The predicted molar refractivity (Wildman–Crippen MR) is 82.8 cm³/mol. The molecule has 2 fully saturated rings. The molecule has 0 saturated carbocycles. The van der Waals surface area contributed by atoms with Crippen LogP contribution in [0.25, 0.3) is 0 Å². The summed E-state index contributed by atoms with van der Waals surface area (Å²) in [6.07, 6.45) is 2.27. The van der Waals surface area contributed by atoms with E-state index in [2.05, 4.69) is 6.07 Å². The molecule has 0 spiro atoms. The third-order valence-electron chi connectivity index (χ3n) is 4.63. The van der Waals surface area contributed by atoms with E-state index >= 15 is 0 Å². The third-order valence-corrected chi connectivity index (χ3v) is 6.93. The van der Waals surface area contributed by atoms with E-state index in [9.17, 15) is 8.42 Å². The third kappa shape index (κ3) is 3.02. The zero-order chi connectivity index (χ0) is 15.6. The second kappa shape index (κ2) is 6.37. The molecule has 0 N–H and O–H groups in total. The summed E-state index contributed by atoms with van der Waals surface area (Å²) in [7, 11) is -3.21. The molecule has 2 heterocycles. The molecule has 5 nitrogen and oxygen atoms in total. The van der Waals surface area contributed by atoms with Crippen LogP contribution >= 0.6 is 0 Å². The van der Waals surface area contributed by atoms with Crippen molar-refractivity contribution in [1.82, 2.24) is 4.31 Å². The molecule has 0 aliphatic carbocycles. The van der Waals surface area contributed by atoms with Crippen LogP contribution in [-0.4, -0.2) is 44.3 Å². The number of piperidine rings is 1. The van der Waals surface area contributed by atoms with Crippen molar-refractivity contribution in [2.75, 3.05) is 26.3 Å². The second-order valence-electron chi connectivity index (χ2n) is 5.94. The summed E-state index contributed by atoms with van der Waals surface area (Å²) in [6, 6.07) is 9.74. The Morgan fingerprint density at radius 1 is 1.14 bits per heavy atom. The van der Waals surface area contributed by atoms with E-state index in [1.807, 2.05) is 24.3 Å². The van der Waals surface area contributed by atoms with Crippen molar-refractivity contribution in [2.24, 2.45) is 0 Å². The monoisotopic (exact) mass is 320 g/mol. The lowest BCUT2D eigenvalue weighted by molar-refractivity contribution is 0.197. The Morgan fingerprint density at radius 2 is 1.82 bits per heavy atom. The van der Waals surface area contributed by atoms with Gasteiger partial charge in [-0.25, -0.2) is 12.7 Å². The summed E-state index contributed by atoms with van der Waals surface area (Å²) >= 11 is 0. The highest BCUT2D eigenvalue weighted by atomic mass is 32.2. The molecular formula is C16H20N2O3S. The maximum absolute atomic E-state index is 12.5. The van der Waals surface area contributed by atoms with Crippen LogP contribution in [0.5, 0.6) is 0 Å². The number of nitrogens with zero attached hydrogens (tertiary/aromatic N) is 2. The van der Waals surface area contributed by atoms with Gasteiger partial charge in [0.1, 0.15) is 5.25 Å². The Bertz CT molecular complexity index is 650. The Kier molecular flexibility index (Phi) is 4.48. The summed E-state index contributed by atoms with van der Waals surface area (Å²) in [5.41, 5.74) is 1.85. The summed E-state index contributed by atoms with van der Waals surface area (Å²) in [5, 5.41) is 8.47. The quantitative estimate of drug-likeness (QED) is 0.852. The molecule has 2 aliphatic rings. The van der Waals surface area contributed by atoms with Crippen LogP contribution in [0.2, 0.25) is 0 Å². The van der Waals surface area contributed by atoms with Gasteiger partial charge in [0, 0.05) is 19.7 Å². The topological polar surface area (TPSA) is 70.4 Å². The first-order valence-electron chi connectivity index (χ1n) is 7.68. The smallest absolute Gasteiger partial charge is 0.219 e. The van der Waals surface area contributed by atoms with Crippen LogP contribution in [0.3, 0.4) is 0 Å². The number of hydrogen-bond acceptors (Lipinski definition) is 4. The van der Waals surface area contributed by atoms with Crippen LogP contribution in [0.4, 0.5) is 0 Å². The molecule has 22 heavy (non-hydrogen) atoms. The molecule has 0 bridgehead atoms. The van der Waals surface area contributed by atoms with Gasteiger partial charge in [0.25, 0.3) is 0 Å². The number of sulfonamides is 1. The highest BCUT2D eigenvalue weighted by Gasteiger charge is 2.36. The number of benzene rings is 1. The van der Waals surface area contributed by atoms with E-state index < -0.39 is 10.0 Å². The summed E-state index contributed by atoms with van der Waals surface area (Å²) in [6.45, 7) is 2.02. The zero-order valence-electron chi connectivity index (χ0n) is 12.4. The molecule has 1 aromatic carbocycles. The molecule has 6 heteroatoms. The SMILES string of the molecule is N#Cc1ccc(C2CCN(S(=O)(=O)[C@H]3CCOC3)CC2)cc1. The highest BCUT2D eigenvalue weighted by molar-refractivity contribution is 7.89. The van der Waals surface area contributed by atoms with E-state index in [4.69, 9.17) is 10.00 Å². The van der Waals surface area contributed by atoms with Gasteiger partial charge in [-0.3, -0.25) is 0 Å². The largest absolute Gasteiger partial charge is 0.380 e. The van der Waals surface area contributed by atoms with Gasteiger partial charge in [0.05, 0.1) is 18.2 Å². The van der Waals surface area contributed by atoms with E-state index in [0.717, 1.165) is 12.8 Å². The maximum atomic E-state index is 12.5. The minimum absolute atomic E-state index is 0.331. The van der Waals surface area contributed by atoms with Crippen LogP contribution < -0.4 is 0 Å². The molecule has 1 aromatic rings. The van der Waals surface area contributed by atoms with Gasteiger partial charge in [-0.1, -0.05) is 12.1 Å². The first-order chi connectivity index (χ1) is 10.6. The van der Waals surface area contributed by atoms with Crippen molar-refractivity contribution in [1.29, 1.82) is 5.26 Å². The van der Waals surface area contributed by atoms with Gasteiger partial charge in [0.2, 0.25) is 10.0 Å². The molecule has 118 valence electrons. The molecule has 2 saturated heterocycles.